The Morgan fingerprint density at radius 1 is 1.04 bits per heavy atom. The summed E-state index contributed by atoms with van der Waals surface area (Å²) in [6.45, 7) is 4.64. The van der Waals surface area contributed by atoms with Gasteiger partial charge in [-0.15, -0.1) is 0 Å². The molecule has 23 heavy (non-hydrogen) atoms. The molecule has 122 valence electrons. The van der Waals surface area contributed by atoms with Crippen molar-refractivity contribution >= 4 is 5.69 Å². The fourth-order valence-electron chi connectivity index (χ4n) is 3.19. The molecular formula is C19H22F2N2. The molecule has 2 aromatic carbocycles. The van der Waals surface area contributed by atoms with Crippen LogP contribution in [0.1, 0.15) is 24.0 Å². The van der Waals surface area contributed by atoms with Crippen LogP contribution in [0.2, 0.25) is 0 Å². The maximum Gasteiger partial charge on any atom is 0.159 e. The fourth-order valence-corrected chi connectivity index (χ4v) is 3.19. The first-order valence-electron chi connectivity index (χ1n) is 8.11. The molecule has 0 aliphatic carbocycles. The second-order valence-electron chi connectivity index (χ2n) is 6.20. The van der Waals surface area contributed by atoms with Crippen LogP contribution in [0.25, 0.3) is 0 Å². The number of nitrogens with zero attached hydrogens (tertiary/aromatic N) is 1. The molecule has 0 unspecified atom stereocenters. The molecule has 0 saturated carbocycles. The minimum absolute atomic E-state index is 0.408. The Labute approximate surface area is 136 Å². The highest BCUT2D eigenvalue weighted by atomic mass is 19.2. The van der Waals surface area contributed by atoms with E-state index in [1.807, 2.05) is 6.07 Å². The molecule has 0 atom stereocenters. The highest BCUT2D eigenvalue weighted by Gasteiger charge is 2.22. The van der Waals surface area contributed by atoms with Crippen molar-refractivity contribution in [1.82, 2.24) is 5.32 Å². The highest BCUT2D eigenvalue weighted by Crippen LogP contribution is 2.25. The molecule has 1 fully saturated rings. The van der Waals surface area contributed by atoms with Crippen molar-refractivity contribution in [3.05, 3.63) is 65.2 Å². The van der Waals surface area contributed by atoms with Gasteiger partial charge in [0.2, 0.25) is 0 Å². The highest BCUT2D eigenvalue weighted by molar-refractivity contribution is 5.50. The van der Waals surface area contributed by atoms with E-state index >= 15 is 0 Å². The first kappa shape index (κ1) is 15.9. The van der Waals surface area contributed by atoms with E-state index < -0.39 is 11.6 Å². The van der Waals surface area contributed by atoms with Gasteiger partial charge in [-0.1, -0.05) is 18.2 Å². The molecule has 1 heterocycles. The van der Waals surface area contributed by atoms with Crippen molar-refractivity contribution < 1.29 is 8.78 Å². The summed E-state index contributed by atoms with van der Waals surface area (Å²) in [5.74, 6) is -1.57. The average Bonchev–Trinajstić information content (AvgIpc) is 2.56. The molecule has 0 bridgehead atoms. The Kier molecular flexibility index (Phi) is 4.91. The topological polar surface area (TPSA) is 15.3 Å². The molecule has 1 aliphatic rings. The van der Waals surface area contributed by atoms with Gasteiger partial charge in [-0.25, -0.2) is 8.78 Å². The van der Waals surface area contributed by atoms with Gasteiger partial charge >= 0.3 is 0 Å². The van der Waals surface area contributed by atoms with E-state index in [0.29, 0.717) is 12.6 Å². The Hall–Kier alpha value is -1.94. The predicted octanol–water partition coefficient (Wildman–Crippen LogP) is 4.03. The summed E-state index contributed by atoms with van der Waals surface area (Å²) in [5.41, 5.74) is 3.14. The summed E-state index contributed by atoms with van der Waals surface area (Å²) in [7, 11) is 0. The lowest BCUT2D eigenvalue weighted by Gasteiger charge is -2.36. The number of hydrogen-bond acceptors (Lipinski definition) is 2. The third-order valence-electron chi connectivity index (χ3n) is 4.42. The number of hydrogen-bond donors (Lipinski definition) is 1. The molecule has 0 aromatic heterocycles. The van der Waals surface area contributed by atoms with Crippen molar-refractivity contribution in [1.29, 1.82) is 0 Å². The number of anilines is 1. The molecule has 1 saturated heterocycles. The van der Waals surface area contributed by atoms with E-state index in [-0.39, 0.29) is 0 Å². The summed E-state index contributed by atoms with van der Waals surface area (Å²) in [5, 5.41) is 3.38. The van der Waals surface area contributed by atoms with Crippen LogP contribution in [0.5, 0.6) is 0 Å². The molecule has 3 rings (SSSR count). The van der Waals surface area contributed by atoms with Crippen LogP contribution in [0.4, 0.5) is 14.5 Å². The second kappa shape index (κ2) is 7.09. The van der Waals surface area contributed by atoms with Crippen molar-refractivity contribution in [3.8, 4) is 0 Å². The maximum absolute atomic E-state index is 13.5. The predicted molar refractivity (Wildman–Crippen MR) is 89.6 cm³/mol. The number of nitrogens with one attached hydrogen (secondary N) is 1. The normalized spacial score (nSPS) is 15.6. The van der Waals surface area contributed by atoms with Crippen LogP contribution in [0, 0.1) is 18.6 Å². The van der Waals surface area contributed by atoms with Gasteiger partial charge in [0.15, 0.2) is 11.6 Å². The van der Waals surface area contributed by atoms with Crippen LogP contribution >= 0.6 is 0 Å². The van der Waals surface area contributed by atoms with Gasteiger partial charge in [-0.05, 0) is 68.2 Å². The lowest BCUT2D eigenvalue weighted by molar-refractivity contribution is 0.427. The summed E-state index contributed by atoms with van der Waals surface area (Å²) in [6.07, 6.45) is 2.11. The van der Waals surface area contributed by atoms with Gasteiger partial charge in [0.05, 0.1) is 0 Å². The van der Waals surface area contributed by atoms with Crippen molar-refractivity contribution in [2.75, 3.05) is 18.0 Å². The van der Waals surface area contributed by atoms with Gasteiger partial charge < -0.3 is 10.2 Å². The molecule has 0 amide bonds. The summed E-state index contributed by atoms with van der Waals surface area (Å²) in [4.78, 5) is 2.32. The first-order valence-corrected chi connectivity index (χ1v) is 8.11. The Balaban J connectivity index is 1.89. The SMILES string of the molecule is Cc1cccc(N(Cc2ccc(F)c(F)c2)C2CCNCC2)c1. The zero-order chi connectivity index (χ0) is 16.2. The standard InChI is InChI=1S/C19H22F2N2/c1-14-3-2-4-17(11-14)23(16-7-9-22-10-8-16)13-15-5-6-18(20)19(21)12-15/h2-6,11-12,16,22H,7-10,13H2,1H3. The molecule has 0 spiro atoms. The summed E-state index contributed by atoms with van der Waals surface area (Å²) < 4.78 is 26.7. The van der Waals surface area contributed by atoms with Gasteiger partial charge in [-0.2, -0.15) is 0 Å². The lowest BCUT2D eigenvalue weighted by atomic mass is 10.0. The van der Waals surface area contributed by atoms with Gasteiger partial charge in [0, 0.05) is 18.3 Å². The number of rotatable bonds is 4. The van der Waals surface area contributed by atoms with Crippen LogP contribution in [0.3, 0.4) is 0 Å². The fraction of sp³-hybridized carbons (Fsp3) is 0.368. The Morgan fingerprint density at radius 2 is 1.83 bits per heavy atom. The van der Waals surface area contributed by atoms with E-state index in [2.05, 4.69) is 35.3 Å². The van der Waals surface area contributed by atoms with Gasteiger partial charge in [0.25, 0.3) is 0 Å². The molecule has 4 heteroatoms. The van der Waals surface area contributed by atoms with Crippen LogP contribution in [-0.4, -0.2) is 19.1 Å². The maximum atomic E-state index is 13.5. The van der Waals surface area contributed by atoms with Crippen LogP contribution < -0.4 is 10.2 Å². The third-order valence-corrected chi connectivity index (χ3v) is 4.42. The van der Waals surface area contributed by atoms with Crippen LogP contribution in [0.15, 0.2) is 42.5 Å². The number of halogens is 2. The smallest absolute Gasteiger partial charge is 0.159 e. The van der Waals surface area contributed by atoms with E-state index in [9.17, 15) is 8.78 Å². The van der Waals surface area contributed by atoms with Crippen molar-refractivity contribution in [3.63, 3.8) is 0 Å². The lowest BCUT2D eigenvalue weighted by Crippen LogP contribution is -2.43. The average molecular weight is 316 g/mol. The second-order valence-corrected chi connectivity index (χ2v) is 6.20. The zero-order valence-corrected chi connectivity index (χ0v) is 13.4. The third kappa shape index (κ3) is 3.88. The van der Waals surface area contributed by atoms with E-state index in [1.165, 1.54) is 17.7 Å². The molecular weight excluding hydrogens is 294 g/mol. The quantitative estimate of drug-likeness (QED) is 0.916. The Bertz CT molecular complexity index is 666. The van der Waals surface area contributed by atoms with Crippen molar-refractivity contribution in [2.45, 2.75) is 32.4 Å². The molecule has 1 N–H and O–H groups in total. The minimum Gasteiger partial charge on any atom is -0.364 e. The molecule has 1 aliphatic heterocycles. The minimum atomic E-state index is -0.794. The number of piperidine rings is 1. The number of aryl methyl sites for hydroxylation is 1. The summed E-state index contributed by atoms with van der Waals surface area (Å²) >= 11 is 0. The summed E-state index contributed by atoms with van der Waals surface area (Å²) in [6, 6.07) is 13.0. The monoisotopic (exact) mass is 316 g/mol. The van der Waals surface area contributed by atoms with E-state index in [0.717, 1.165) is 37.2 Å². The zero-order valence-electron chi connectivity index (χ0n) is 13.4. The Morgan fingerprint density at radius 3 is 2.52 bits per heavy atom. The largest absolute Gasteiger partial charge is 0.364 e. The first-order chi connectivity index (χ1) is 11.1. The van der Waals surface area contributed by atoms with Gasteiger partial charge in [-0.3, -0.25) is 0 Å². The van der Waals surface area contributed by atoms with Gasteiger partial charge in [0.1, 0.15) is 0 Å². The molecule has 2 aromatic rings. The molecule has 2 nitrogen and oxygen atoms in total. The van der Waals surface area contributed by atoms with Crippen LogP contribution in [-0.2, 0) is 6.54 Å². The number of benzene rings is 2. The van der Waals surface area contributed by atoms with Crippen molar-refractivity contribution in [2.24, 2.45) is 0 Å². The van der Waals surface area contributed by atoms with E-state index in [4.69, 9.17) is 0 Å². The molecule has 0 radical (unpaired) electrons. The van der Waals surface area contributed by atoms with E-state index in [1.54, 1.807) is 6.07 Å².